The van der Waals surface area contributed by atoms with Crippen molar-refractivity contribution in [1.82, 2.24) is 14.8 Å². The predicted octanol–water partition coefficient (Wildman–Crippen LogP) is 6.27. The van der Waals surface area contributed by atoms with E-state index in [1.807, 2.05) is 41.0 Å². The Morgan fingerprint density at radius 3 is 2.06 bits per heavy atom. The van der Waals surface area contributed by atoms with E-state index in [4.69, 9.17) is 14.2 Å². The number of benzene rings is 3. The standard InChI is InChI=1S/C25H22F3N3O3S/c1-32-20-9-7-19(8-10-20)31-23(17-12-21(33-2)14-22(13-17)34-3)29-30-24(31)35-15-16-5-4-6-18(11-16)25(26,27)28/h4-14H,15H2,1-3H3. The molecule has 1 aromatic heterocycles. The fraction of sp³-hybridized carbons (Fsp3) is 0.200. The van der Waals surface area contributed by atoms with E-state index < -0.39 is 11.7 Å². The lowest BCUT2D eigenvalue weighted by atomic mass is 10.1. The average molecular weight is 502 g/mol. The molecule has 0 spiro atoms. The van der Waals surface area contributed by atoms with Crippen molar-refractivity contribution in [3.05, 3.63) is 77.9 Å². The van der Waals surface area contributed by atoms with Crippen LogP contribution in [-0.4, -0.2) is 36.1 Å². The van der Waals surface area contributed by atoms with Gasteiger partial charge in [0.05, 0.1) is 26.9 Å². The van der Waals surface area contributed by atoms with Gasteiger partial charge in [-0.15, -0.1) is 10.2 Å². The number of rotatable bonds is 8. The summed E-state index contributed by atoms with van der Waals surface area (Å²) in [5, 5.41) is 9.26. The Balaban J connectivity index is 1.75. The molecule has 0 bridgehead atoms. The van der Waals surface area contributed by atoms with Gasteiger partial charge >= 0.3 is 6.18 Å². The van der Waals surface area contributed by atoms with Crippen LogP contribution in [0.25, 0.3) is 17.1 Å². The van der Waals surface area contributed by atoms with Crippen LogP contribution in [0.5, 0.6) is 17.2 Å². The lowest BCUT2D eigenvalue weighted by Crippen LogP contribution is -2.05. The minimum absolute atomic E-state index is 0.277. The van der Waals surface area contributed by atoms with Crippen molar-refractivity contribution in [2.24, 2.45) is 0 Å². The van der Waals surface area contributed by atoms with Crippen molar-refractivity contribution in [3.63, 3.8) is 0 Å². The van der Waals surface area contributed by atoms with Crippen LogP contribution < -0.4 is 14.2 Å². The van der Waals surface area contributed by atoms with E-state index in [1.54, 1.807) is 33.5 Å². The van der Waals surface area contributed by atoms with Crippen LogP contribution in [0.3, 0.4) is 0 Å². The largest absolute Gasteiger partial charge is 0.497 e. The highest BCUT2D eigenvalue weighted by atomic mass is 32.2. The molecule has 3 aromatic carbocycles. The van der Waals surface area contributed by atoms with E-state index in [0.717, 1.165) is 17.8 Å². The second-order valence-electron chi connectivity index (χ2n) is 7.43. The van der Waals surface area contributed by atoms with Gasteiger partial charge in [-0.25, -0.2) is 0 Å². The first kappa shape index (κ1) is 24.5. The molecule has 10 heteroatoms. The molecule has 182 valence electrons. The summed E-state index contributed by atoms with van der Waals surface area (Å²) in [7, 11) is 4.70. The molecule has 4 aromatic rings. The molecule has 0 saturated heterocycles. The summed E-state index contributed by atoms with van der Waals surface area (Å²) >= 11 is 1.29. The Hall–Kier alpha value is -3.66. The first-order valence-corrected chi connectivity index (χ1v) is 11.4. The maximum Gasteiger partial charge on any atom is 0.416 e. The molecule has 0 aliphatic rings. The molecular formula is C25H22F3N3O3S. The van der Waals surface area contributed by atoms with E-state index >= 15 is 0 Å². The Morgan fingerprint density at radius 2 is 1.46 bits per heavy atom. The Labute approximate surface area is 204 Å². The lowest BCUT2D eigenvalue weighted by molar-refractivity contribution is -0.137. The normalized spacial score (nSPS) is 11.4. The molecule has 0 aliphatic carbocycles. The number of hydrogen-bond acceptors (Lipinski definition) is 6. The minimum atomic E-state index is -4.40. The van der Waals surface area contributed by atoms with E-state index in [0.29, 0.717) is 39.4 Å². The van der Waals surface area contributed by atoms with E-state index in [9.17, 15) is 13.2 Å². The molecule has 1 heterocycles. The molecule has 35 heavy (non-hydrogen) atoms. The molecule has 0 unspecified atom stereocenters. The summed E-state index contributed by atoms with van der Waals surface area (Å²) in [6.07, 6.45) is -4.40. The molecule has 0 N–H and O–H groups in total. The molecule has 4 rings (SSSR count). The summed E-state index contributed by atoms with van der Waals surface area (Å²) in [4.78, 5) is 0. The van der Waals surface area contributed by atoms with Gasteiger partial charge in [0, 0.05) is 23.1 Å². The van der Waals surface area contributed by atoms with Crippen LogP contribution in [0.4, 0.5) is 13.2 Å². The van der Waals surface area contributed by atoms with Crippen molar-refractivity contribution in [2.75, 3.05) is 21.3 Å². The van der Waals surface area contributed by atoms with Crippen molar-refractivity contribution < 1.29 is 27.4 Å². The summed E-state index contributed by atoms with van der Waals surface area (Å²) in [5.41, 5.74) is 1.31. The second-order valence-corrected chi connectivity index (χ2v) is 8.37. The third-order valence-electron chi connectivity index (χ3n) is 5.20. The van der Waals surface area contributed by atoms with Gasteiger partial charge in [-0.3, -0.25) is 4.57 Å². The molecule has 6 nitrogen and oxygen atoms in total. The number of aromatic nitrogens is 3. The third kappa shape index (κ3) is 5.54. The van der Waals surface area contributed by atoms with Crippen molar-refractivity contribution >= 4 is 11.8 Å². The van der Waals surface area contributed by atoms with Crippen LogP contribution in [0.1, 0.15) is 11.1 Å². The highest BCUT2D eigenvalue weighted by Crippen LogP contribution is 2.35. The Bertz CT molecular complexity index is 1290. The number of hydrogen-bond donors (Lipinski definition) is 0. The summed E-state index contributed by atoms with van der Waals surface area (Å²) in [6, 6.07) is 18.0. The van der Waals surface area contributed by atoms with Crippen LogP contribution in [0.2, 0.25) is 0 Å². The van der Waals surface area contributed by atoms with Crippen molar-refractivity contribution in [2.45, 2.75) is 17.1 Å². The molecule has 0 fully saturated rings. The Morgan fingerprint density at radius 1 is 0.800 bits per heavy atom. The highest BCUT2D eigenvalue weighted by Gasteiger charge is 2.30. The minimum Gasteiger partial charge on any atom is -0.497 e. The number of nitrogens with zero attached hydrogens (tertiary/aromatic N) is 3. The number of halogens is 3. The van der Waals surface area contributed by atoms with Crippen LogP contribution in [0, 0.1) is 0 Å². The van der Waals surface area contributed by atoms with Gasteiger partial charge in [-0.1, -0.05) is 30.0 Å². The fourth-order valence-corrected chi connectivity index (χ4v) is 4.33. The first-order valence-electron chi connectivity index (χ1n) is 10.4. The summed E-state index contributed by atoms with van der Waals surface area (Å²) < 4.78 is 57.3. The molecule has 0 atom stereocenters. The summed E-state index contributed by atoms with van der Waals surface area (Å²) in [5.74, 6) is 2.66. The first-order chi connectivity index (χ1) is 16.8. The maximum atomic E-state index is 13.1. The van der Waals surface area contributed by atoms with Gasteiger partial charge in [-0.2, -0.15) is 13.2 Å². The van der Waals surface area contributed by atoms with Crippen LogP contribution in [0.15, 0.2) is 71.9 Å². The van der Waals surface area contributed by atoms with Gasteiger partial charge in [-0.05, 0) is 48.0 Å². The average Bonchev–Trinajstić information content (AvgIpc) is 3.30. The number of alkyl halides is 3. The van der Waals surface area contributed by atoms with E-state index in [2.05, 4.69) is 10.2 Å². The van der Waals surface area contributed by atoms with E-state index in [-0.39, 0.29) is 5.75 Å². The van der Waals surface area contributed by atoms with Gasteiger partial charge in [0.25, 0.3) is 0 Å². The van der Waals surface area contributed by atoms with E-state index in [1.165, 1.54) is 17.8 Å². The molecular weight excluding hydrogens is 479 g/mol. The molecule has 0 amide bonds. The zero-order valence-corrected chi connectivity index (χ0v) is 20.0. The van der Waals surface area contributed by atoms with Crippen LogP contribution >= 0.6 is 11.8 Å². The fourth-order valence-electron chi connectivity index (χ4n) is 3.44. The number of ether oxygens (including phenoxy) is 3. The number of thioether (sulfide) groups is 1. The Kier molecular flexibility index (Phi) is 7.20. The van der Waals surface area contributed by atoms with Crippen molar-refractivity contribution in [3.8, 4) is 34.3 Å². The monoisotopic (exact) mass is 501 g/mol. The molecule has 0 saturated carbocycles. The number of methoxy groups -OCH3 is 3. The van der Waals surface area contributed by atoms with Gasteiger partial charge in [0.15, 0.2) is 11.0 Å². The quantitative estimate of drug-likeness (QED) is 0.265. The zero-order valence-electron chi connectivity index (χ0n) is 19.2. The lowest BCUT2D eigenvalue weighted by Gasteiger charge is -2.13. The topological polar surface area (TPSA) is 58.4 Å². The van der Waals surface area contributed by atoms with Gasteiger partial charge < -0.3 is 14.2 Å². The highest BCUT2D eigenvalue weighted by molar-refractivity contribution is 7.98. The van der Waals surface area contributed by atoms with Gasteiger partial charge in [0.1, 0.15) is 17.2 Å². The van der Waals surface area contributed by atoms with Gasteiger partial charge in [0.2, 0.25) is 0 Å². The summed E-state index contributed by atoms with van der Waals surface area (Å²) in [6.45, 7) is 0. The maximum absolute atomic E-state index is 13.1. The second kappa shape index (κ2) is 10.3. The molecule has 0 radical (unpaired) electrons. The predicted molar refractivity (Wildman–Crippen MR) is 127 cm³/mol. The van der Waals surface area contributed by atoms with Crippen LogP contribution in [-0.2, 0) is 11.9 Å². The molecule has 0 aliphatic heterocycles. The zero-order chi connectivity index (χ0) is 25.0. The SMILES string of the molecule is COc1ccc(-n2c(SCc3cccc(C(F)(F)F)c3)nnc2-c2cc(OC)cc(OC)c2)cc1. The van der Waals surface area contributed by atoms with Crippen molar-refractivity contribution in [1.29, 1.82) is 0 Å². The smallest absolute Gasteiger partial charge is 0.416 e. The third-order valence-corrected chi connectivity index (χ3v) is 6.20.